The Morgan fingerprint density at radius 1 is 1.76 bits per heavy atom. The SMILES string of the molecule is C=C1C[C@@H]([N+](=O)[O-])[C@](C)(c2ccco2)[C@@H]1C#N. The van der Waals surface area contributed by atoms with Gasteiger partial charge in [0.2, 0.25) is 6.04 Å². The summed E-state index contributed by atoms with van der Waals surface area (Å²) in [7, 11) is 0. The highest BCUT2D eigenvalue weighted by Crippen LogP contribution is 2.48. The van der Waals surface area contributed by atoms with Gasteiger partial charge in [0.15, 0.2) is 0 Å². The van der Waals surface area contributed by atoms with Crippen LogP contribution in [0.1, 0.15) is 19.1 Å². The molecule has 17 heavy (non-hydrogen) atoms. The Bertz CT molecular complexity index is 500. The van der Waals surface area contributed by atoms with Crippen LogP contribution in [-0.4, -0.2) is 11.0 Å². The van der Waals surface area contributed by atoms with Crippen LogP contribution in [0.25, 0.3) is 0 Å². The first kappa shape index (κ1) is 11.4. The van der Waals surface area contributed by atoms with E-state index in [0.717, 1.165) is 0 Å². The molecule has 0 bridgehead atoms. The quantitative estimate of drug-likeness (QED) is 0.445. The lowest BCUT2D eigenvalue weighted by Crippen LogP contribution is -2.41. The molecule has 1 aliphatic rings. The minimum Gasteiger partial charge on any atom is -0.468 e. The predicted octanol–water partition coefficient (Wildman–Crippen LogP) is 2.28. The van der Waals surface area contributed by atoms with E-state index in [2.05, 4.69) is 12.6 Å². The van der Waals surface area contributed by atoms with Crippen molar-refractivity contribution in [3.8, 4) is 6.07 Å². The summed E-state index contributed by atoms with van der Waals surface area (Å²) in [5.41, 5.74) is -0.327. The normalized spacial score (nSPS) is 32.4. The Morgan fingerprint density at radius 2 is 2.47 bits per heavy atom. The van der Waals surface area contributed by atoms with Crippen LogP contribution in [-0.2, 0) is 5.41 Å². The molecule has 0 unspecified atom stereocenters. The van der Waals surface area contributed by atoms with Gasteiger partial charge in [0.1, 0.15) is 11.2 Å². The summed E-state index contributed by atoms with van der Waals surface area (Å²) in [6.07, 6.45) is 1.69. The smallest absolute Gasteiger partial charge is 0.230 e. The number of furan rings is 1. The number of rotatable bonds is 2. The van der Waals surface area contributed by atoms with Gasteiger partial charge >= 0.3 is 0 Å². The van der Waals surface area contributed by atoms with Crippen LogP contribution in [0.2, 0.25) is 0 Å². The van der Waals surface area contributed by atoms with E-state index in [1.165, 1.54) is 6.26 Å². The molecule has 1 aromatic rings. The second-order valence-electron chi connectivity index (χ2n) is 4.49. The number of hydrogen-bond acceptors (Lipinski definition) is 4. The van der Waals surface area contributed by atoms with E-state index in [1.54, 1.807) is 19.1 Å². The predicted molar refractivity (Wildman–Crippen MR) is 59.7 cm³/mol. The first-order valence-corrected chi connectivity index (χ1v) is 5.26. The number of nitrogens with zero attached hydrogens (tertiary/aromatic N) is 2. The van der Waals surface area contributed by atoms with Crippen LogP contribution < -0.4 is 0 Å². The zero-order valence-electron chi connectivity index (χ0n) is 9.42. The van der Waals surface area contributed by atoms with Gasteiger partial charge in [-0.3, -0.25) is 10.1 Å². The Kier molecular flexibility index (Phi) is 2.50. The molecule has 88 valence electrons. The summed E-state index contributed by atoms with van der Waals surface area (Å²) in [6.45, 7) is 5.48. The molecule has 0 saturated heterocycles. The maximum absolute atomic E-state index is 11.1. The van der Waals surface area contributed by atoms with Crippen LogP contribution in [0.3, 0.4) is 0 Å². The molecule has 2 rings (SSSR count). The Balaban J connectivity index is 2.56. The molecule has 5 heteroatoms. The van der Waals surface area contributed by atoms with Gasteiger partial charge in [0, 0.05) is 11.3 Å². The maximum Gasteiger partial charge on any atom is 0.230 e. The number of hydrogen-bond donors (Lipinski definition) is 0. The van der Waals surface area contributed by atoms with Gasteiger partial charge in [-0.05, 0) is 19.1 Å². The highest BCUT2D eigenvalue weighted by atomic mass is 16.6. The van der Waals surface area contributed by atoms with Crippen LogP contribution in [0, 0.1) is 27.4 Å². The molecule has 1 heterocycles. The van der Waals surface area contributed by atoms with E-state index in [9.17, 15) is 15.4 Å². The average Bonchev–Trinajstić information content (AvgIpc) is 2.86. The van der Waals surface area contributed by atoms with Crippen molar-refractivity contribution in [2.75, 3.05) is 0 Å². The van der Waals surface area contributed by atoms with Gasteiger partial charge in [-0.25, -0.2) is 0 Å². The highest BCUT2D eigenvalue weighted by molar-refractivity contribution is 5.34. The van der Waals surface area contributed by atoms with Gasteiger partial charge in [0.05, 0.1) is 18.3 Å². The van der Waals surface area contributed by atoms with Crippen molar-refractivity contribution in [2.24, 2.45) is 5.92 Å². The van der Waals surface area contributed by atoms with Crippen LogP contribution in [0.15, 0.2) is 35.0 Å². The Labute approximate surface area is 98.5 Å². The zero-order valence-corrected chi connectivity index (χ0v) is 9.42. The largest absolute Gasteiger partial charge is 0.468 e. The fraction of sp³-hybridized carbons (Fsp3) is 0.417. The van der Waals surface area contributed by atoms with Crippen molar-refractivity contribution in [2.45, 2.75) is 24.8 Å². The molecule has 3 atom stereocenters. The van der Waals surface area contributed by atoms with Gasteiger partial charge in [-0.15, -0.1) is 0 Å². The van der Waals surface area contributed by atoms with Gasteiger partial charge in [-0.2, -0.15) is 5.26 Å². The summed E-state index contributed by atoms with van der Waals surface area (Å²) in [6, 6.07) is 4.61. The summed E-state index contributed by atoms with van der Waals surface area (Å²) in [5, 5.41) is 20.3. The van der Waals surface area contributed by atoms with Crippen molar-refractivity contribution < 1.29 is 9.34 Å². The van der Waals surface area contributed by atoms with Crippen LogP contribution in [0.4, 0.5) is 0 Å². The lowest BCUT2D eigenvalue weighted by Gasteiger charge is -2.26. The molecular weight excluding hydrogens is 220 g/mol. The monoisotopic (exact) mass is 232 g/mol. The Morgan fingerprint density at radius 3 is 2.94 bits per heavy atom. The summed E-state index contributed by atoms with van der Waals surface area (Å²) in [5.74, 6) is -0.103. The lowest BCUT2D eigenvalue weighted by molar-refractivity contribution is -0.531. The van der Waals surface area contributed by atoms with Crippen molar-refractivity contribution in [1.82, 2.24) is 0 Å². The first-order chi connectivity index (χ1) is 8.01. The fourth-order valence-electron chi connectivity index (χ4n) is 2.61. The third kappa shape index (κ3) is 1.45. The van der Waals surface area contributed by atoms with E-state index >= 15 is 0 Å². The van der Waals surface area contributed by atoms with Crippen molar-refractivity contribution in [3.05, 3.63) is 46.4 Å². The van der Waals surface area contributed by atoms with Gasteiger partial charge in [-0.1, -0.05) is 12.2 Å². The molecular formula is C12H12N2O3. The van der Waals surface area contributed by atoms with E-state index in [-0.39, 0.29) is 11.3 Å². The van der Waals surface area contributed by atoms with Crippen LogP contribution in [0.5, 0.6) is 0 Å². The third-order valence-corrected chi connectivity index (χ3v) is 3.59. The highest BCUT2D eigenvalue weighted by Gasteiger charge is 2.58. The summed E-state index contributed by atoms with van der Waals surface area (Å²) < 4.78 is 5.28. The van der Waals surface area contributed by atoms with Gasteiger partial charge < -0.3 is 4.42 Å². The molecule has 0 aromatic carbocycles. The second-order valence-corrected chi connectivity index (χ2v) is 4.49. The molecule has 1 fully saturated rings. The molecule has 0 aliphatic heterocycles. The molecule has 1 aliphatic carbocycles. The summed E-state index contributed by atoms with van der Waals surface area (Å²) in [4.78, 5) is 10.8. The van der Waals surface area contributed by atoms with Crippen molar-refractivity contribution in [1.29, 1.82) is 5.26 Å². The Hall–Kier alpha value is -2.09. The summed E-state index contributed by atoms with van der Waals surface area (Å²) >= 11 is 0. The molecule has 0 radical (unpaired) electrons. The molecule has 0 N–H and O–H groups in total. The van der Waals surface area contributed by atoms with E-state index < -0.39 is 17.4 Å². The van der Waals surface area contributed by atoms with Crippen LogP contribution >= 0.6 is 0 Å². The number of nitro groups is 1. The van der Waals surface area contributed by atoms with Crippen molar-refractivity contribution in [3.63, 3.8) is 0 Å². The maximum atomic E-state index is 11.1. The molecule has 1 saturated carbocycles. The van der Waals surface area contributed by atoms with Gasteiger partial charge in [0.25, 0.3) is 0 Å². The van der Waals surface area contributed by atoms with E-state index in [0.29, 0.717) is 11.3 Å². The fourth-order valence-corrected chi connectivity index (χ4v) is 2.61. The minimum absolute atomic E-state index is 0.225. The molecule has 0 spiro atoms. The van der Waals surface area contributed by atoms with E-state index in [1.807, 2.05) is 0 Å². The molecule has 1 aromatic heterocycles. The lowest BCUT2D eigenvalue weighted by atomic mass is 9.75. The minimum atomic E-state index is -0.932. The molecule has 0 amide bonds. The molecule has 5 nitrogen and oxygen atoms in total. The van der Waals surface area contributed by atoms with E-state index in [4.69, 9.17) is 4.42 Å². The zero-order chi connectivity index (χ0) is 12.6. The third-order valence-electron chi connectivity index (χ3n) is 3.59. The average molecular weight is 232 g/mol. The number of nitriles is 1. The van der Waals surface area contributed by atoms with Crippen molar-refractivity contribution >= 4 is 0 Å². The standard InChI is InChI=1S/C12H12N2O3/c1-8-6-10(14(15)16)12(2,9(8)7-13)11-4-3-5-17-11/h3-5,9-10H,1,6H2,2H3/t9-,10-,12-/m1/s1. The topological polar surface area (TPSA) is 80.1 Å². The second kappa shape index (κ2) is 3.74. The first-order valence-electron chi connectivity index (χ1n) is 5.26.